The van der Waals surface area contributed by atoms with E-state index in [-0.39, 0.29) is 11.9 Å². The molecule has 21 heavy (non-hydrogen) atoms. The number of phenolic OH excluding ortho intramolecular Hbond substituents is 1. The van der Waals surface area contributed by atoms with Crippen molar-refractivity contribution in [2.75, 3.05) is 13.7 Å². The van der Waals surface area contributed by atoms with Crippen LogP contribution in [0.4, 0.5) is 0 Å². The largest absolute Gasteiger partial charge is 0.504 e. The predicted octanol–water partition coefficient (Wildman–Crippen LogP) is 3.94. The molecule has 2 bridgehead atoms. The van der Waals surface area contributed by atoms with Crippen LogP contribution in [0.3, 0.4) is 0 Å². The molecule has 3 rings (SSSR count). The van der Waals surface area contributed by atoms with Gasteiger partial charge >= 0.3 is 0 Å². The molecular weight excluding hydrogens is 264 g/mol. The fraction of sp³-hybridized carbons (Fsp3) is 0.556. The first-order valence-electron chi connectivity index (χ1n) is 7.69. The summed E-state index contributed by atoms with van der Waals surface area (Å²) in [6.45, 7) is 7.65. The van der Waals surface area contributed by atoms with E-state index in [1.54, 1.807) is 13.2 Å². The van der Waals surface area contributed by atoms with Crippen LogP contribution in [0, 0.1) is 23.7 Å². The molecule has 0 aromatic heterocycles. The van der Waals surface area contributed by atoms with Gasteiger partial charge in [-0.1, -0.05) is 31.6 Å². The van der Waals surface area contributed by atoms with Crippen LogP contribution in [0.2, 0.25) is 0 Å². The molecule has 5 atom stereocenters. The minimum atomic E-state index is 0.0505. The lowest BCUT2D eigenvalue weighted by atomic mass is 9.64. The molecule has 1 aromatic rings. The van der Waals surface area contributed by atoms with E-state index < -0.39 is 0 Å². The highest BCUT2D eigenvalue weighted by Crippen LogP contribution is 2.50. The molecular formula is C18H24O3. The SMILES string of the molecule is COc1cc([C@H]2OC[C@H]3[C@@H](C)[C@H]2C(C)=C[C@@H]3C)ccc1O. The second kappa shape index (κ2) is 5.38. The van der Waals surface area contributed by atoms with Gasteiger partial charge in [-0.05, 0) is 42.4 Å². The Balaban J connectivity index is 1.98. The zero-order valence-electron chi connectivity index (χ0n) is 13.2. The average Bonchev–Trinajstić information content (AvgIpc) is 2.45. The minimum Gasteiger partial charge on any atom is -0.504 e. The van der Waals surface area contributed by atoms with Gasteiger partial charge in [-0.25, -0.2) is 0 Å². The zero-order valence-corrected chi connectivity index (χ0v) is 13.2. The maximum atomic E-state index is 9.77. The van der Waals surface area contributed by atoms with Gasteiger partial charge < -0.3 is 14.6 Å². The van der Waals surface area contributed by atoms with E-state index in [1.165, 1.54) is 5.57 Å². The normalized spacial score (nSPS) is 35.2. The number of allylic oxidation sites excluding steroid dienone is 1. The summed E-state index contributed by atoms with van der Waals surface area (Å²) in [6.07, 6.45) is 2.46. The van der Waals surface area contributed by atoms with E-state index >= 15 is 0 Å². The highest BCUT2D eigenvalue weighted by molar-refractivity contribution is 5.43. The van der Waals surface area contributed by atoms with Crippen LogP contribution in [-0.2, 0) is 4.74 Å². The number of phenols is 1. The molecule has 1 aliphatic heterocycles. The second-order valence-corrected chi connectivity index (χ2v) is 6.50. The van der Waals surface area contributed by atoms with E-state index in [1.807, 2.05) is 12.1 Å². The monoisotopic (exact) mass is 288 g/mol. The maximum Gasteiger partial charge on any atom is 0.160 e. The van der Waals surface area contributed by atoms with E-state index in [0.717, 1.165) is 12.2 Å². The van der Waals surface area contributed by atoms with Gasteiger partial charge in [0.15, 0.2) is 11.5 Å². The van der Waals surface area contributed by atoms with E-state index in [2.05, 4.69) is 26.8 Å². The molecule has 0 saturated carbocycles. The first kappa shape index (κ1) is 14.5. The molecule has 2 aliphatic rings. The summed E-state index contributed by atoms with van der Waals surface area (Å²) in [7, 11) is 1.58. The molecule has 0 spiro atoms. The van der Waals surface area contributed by atoms with Crippen LogP contribution in [0.1, 0.15) is 32.4 Å². The number of ether oxygens (including phenoxy) is 2. The fourth-order valence-corrected chi connectivity index (χ4v) is 4.12. The summed E-state index contributed by atoms with van der Waals surface area (Å²) in [4.78, 5) is 0. The van der Waals surface area contributed by atoms with Crippen LogP contribution in [0.5, 0.6) is 11.5 Å². The van der Waals surface area contributed by atoms with Crippen LogP contribution >= 0.6 is 0 Å². The number of hydrogen-bond donors (Lipinski definition) is 1. The average molecular weight is 288 g/mol. The second-order valence-electron chi connectivity index (χ2n) is 6.50. The van der Waals surface area contributed by atoms with Gasteiger partial charge in [0.2, 0.25) is 0 Å². The summed E-state index contributed by atoms with van der Waals surface area (Å²) in [5, 5.41) is 9.77. The molecule has 1 aromatic carbocycles. The third-order valence-electron chi connectivity index (χ3n) is 5.30. The van der Waals surface area contributed by atoms with Crippen LogP contribution in [0.15, 0.2) is 29.8 Å². The molecule has 1 heterocycles. The lowest BCUT2D eigenvalue weighted by Crippen LogP contribution is -2.42. The van der Waals surface area contributed by atoms with Gasteiger partial charge in [0.25, 0.3) is 0 Å². The van der Waals surface area contributed by atoms with Crippen LogP contribution in [-0.4, -0.2) is 18.8 Å². The predicted molar refractivity (Wildman–Crippen MR) is 82.4 cm³/mol. The van der Waals surface area contributed by atoms with Gasteiger partial charge in [0.05, 0.1) is 19.8 Å². The topological polar surface area (TPSA) is 38.7 Å². The Hall–Kier alpha value is -1.48. The Morgan fingerprint density at radius 3 is 2.76 bits per heavy atom. The number of hydrogen-bond acceptors (Lipinski definition) is 3. The van der Waals surface area contributed by atoms with Gasteiger partial charge in [0, 0.05) is 5.92 Å². The number of benzene rings is 1. The molecule has 0 unspecified atom stereocenters. The lowest BCUT2D eigenvalue weighted by molar-refractivity contribution is -0.0935. The van der Waals surface area contributed by atoms with Crippen molar-refractivity contribution in [2.24, 2.45) is 23.7 Å². The Bertz CT molecular complexity index is 564. The highest BCUT2D eigenvalue weighted by Gasteiger charge is 2.43. The van der Waals surface area contributed by atoms with Crippen molar-refractivity contribution in [3.63, 3.8) is 0 Å². The third kappa shape index (κ3) is 2.34. The first-order valence-corrected chi connectivity index (χ1v) is 7.69. The van der Waals surface area contributed by atoms with Gasteiger partial charge in [-0.3, -0.25) is 0 Å². The number of aromatic hydroxyl groups is 1. The molecule has 1 aliphatic carbocycles. The molecule has 3 heteroatoms. The molecule has 1 fully saturated rings. The minimum absolute atomic E-state index is 0.0505. The summed E-state index contributed by atoms with van der Waals surface area (Å²) < 4.78 is 11.4. The van der Waals surface area contributed by atoms with Crippen molar-refractivity contribution in [1.29, 1.82) is 0 Å². The molecule has 0 radical (unpaired) electrons. The molecule has 1 saturated heterocycles. The zero-order chi connectivity index (χ0) is 15.1. The summed E-state index contributed by atoms with van der Waals surface area (Å²) >= 11 is 0. The number of fused-ring (bicyclic) bond motifs is 2. The van der Waals surface area contributed by atoms with E-state index in [4.69, 9.17) is 9.47 Å². The molecule has 0 amide bonds. The van der Waals surface area contributed by atoms with Crippen LogP contribution < -0.4 is 4.74 Å². The third-order valence-corrected chi connectivity index (χ3v) is 5.30. The van der Waals surface area contributed by atoms with Crippen molar-refractivity contribution >= 4 is 0 Å². The van der Waals surface area contributed by atoms with Crippen molar-refractivity contribution < 1.29 is 14.6 Å². The van der Waals surface area contributed by atoms with E-state index in [0.29, 0.717) is 29.4 Å². The first-order chi connectivity index (χ1) is 10.0. The summed E-state index contributed by atoms with van der Waals surface area (Å²) in [5.74, 6) is 2.91. The van der Waals surface area contributed by atoms with Crippen molar-refractivity contribution in [3.05, 3.63) is 35.4 Å². The molecule has 1 N–H and O–H groups in total. The van der Waals surface area contributed by atoms with Gasteiger partial charge in [-0.2, -0.15) is 0 Å². The number of methoxy groups -OCH3 is 1. The van der Waals surface area contributed by atoms with Crippen molar-refractivity contribution in [1.82, 2.24) is 0 Å². The molecule has 3 nitrogen and oxygen atoms in total. The fourth-order valence-electron chi connectivity index (χ4n) is 4.12. The number of rotatable bonds is 2. The summed E-state index contributed by atoms with van der Waals surface area (Å²) in [6, 6.07) is 5.54. The van der Waals surface area contributed by atoms with Crippen molar-refractivity contribution in [2.45, 2.75) is 26.9 Å². The Labute approximate surface area is 126 Å². The highest BCUT2D eigenvalue weighted by atomic mass is 16.5. The summed E-state index contributed by atoms with van der Waals surface area (Å²) in [5.41, 5.74) is 2.50. The van der Waals surface area contributed by atoms with Crippen LogP contribution in [0.25, 0.3) is 0 Å². The standard InChI is InChI=1S/C18H24O3/c1-10-7-11(2)17-12(3)14(10)9-21-18(17)13-5-6-15(19)16(8-13)20-4/h5-8,10,12,14,17-19H,9H2,1-4H3/t10-,12+,14+,17+,18+/m0/s1. The quantitative estimate of drug-likeness (QED) is 0.838. The molecule has 114 valence electrons. The Morgan fingerprint density at radius 2 is 2.05 bits per heavy atom. The van der Waals surface area contributed by atoms with E-state index in [9.17, 15) is 5.11 Å². The van der Waals surface area contributed by atoms with Crippen molar-refractivity contribution in [3.8, 4) is 11.5 Å². The Morgan fingerprint density at radius 1 is 1.29 bits per heavy atom. The maximum absolute atomic E-state index is 9.77. The van der Waals surface area contributed by atoms with Gasteiger partial charge in [-0.15, -0.1) is 0 Å². The lowest BCUT2D eigenvalue weighted by Gasteiger charge is -2.47. The smallest absolute Gasteiger partial charge is 0.160 e. The Kier molecular flexibility index (Phi) is 3.70. The van der Waals surface area contributed by atoms with Gasteiger partial charge in [0.1, 0.15) is 0 Å².